The molecular weight excluding hydrogens is 406 g/mol. The molecule has 2 bridgehead atoms. The highest BCUT2D eigenvalue weighted by atomic mass is 16.3. The van der Waals surface area contributed by atoms with Crippen molar-refractivity contribution >= 4 is 11.6 Å². The molecule has 1 aromatic rings. The van der Waals surface area contributed by atoms with Gasteiger partial charge in [0.25, 0.3) is 5.91 Å². The monoisotopic (exact) mass is 445 g/mol. The highest BCUT2D eigenvalue weighted by molar-refractivity contribution is 6.03. The largest absolute Gasteiger partial charge is 0.508 e. The van der Waals surface area contributed by atoms with Crippen LogP contribution in [0.4, 0.5) is 5.69 Å². The summed E-state index contributed by atoms with van der Waals surface area (Å²) >= 11 is 0. The molecule has 6 heteroatoms. The van der Waals surface area contributed by atoms with Crippen LogP contribution in [-0.4, -0.2) is 44.6 Å². The predicted molar refractivity (Wildman–Crippen MR) is 127 cm³/mol. The van der Waals surface area contributed by atoms with Crippen molar-refractivity contribution in [1.82, 2.24) is 0 Å². The summed E-state index contributed by atoms with van der Waals surface area (Å²) in [5.74, 6) is -0.461. The highest BCUT2D eigenvalue weighted by Crippen LogP contribution is 2.26. The van der Waals surface area contributed by atoms with Crippen molar-refractivity contribution in [2.45, 2.75) is 78.6 Å². The number of anilines is 1. The minimum absolute atomic E-state index is 0.0247. The number of hydrogen-bond acceptors (Lipinski definition) is 5. The Kier molecular flexibility index (Phi) is 9.49. The Morgan fingerprint density at radius 1 is 1.03 bits per heavy atom. The van der Waals surface area contributed by atoms with E-state index in [-0.39, 0.29) is 29.4 Å². The average molecular weight is 446 g/mol. The summed E-state index contributed by atoms with van der Waals surface area (Å²) in [6, 6.07) is 4.98. The molecule has 1 aromatic carbocycles. The zero-order valence-electron chi connectivity index (χ0n) is 19.9. The Balaban J connectivity index is 2.33. The summed E-state index contributed by atoms with van der Waals surface area (Å²) < 4.78 is 0. The first kappa shape index (κ1) is 26.1. The minimum Gasteiger partial charge on any atom is -0.508 e. The predicted octanol–water partition coefficient (Wildman–Crippen LogP) is 3.94. The number of hydrogen-bond donors (Lipinski definition) is 5. The van der Waals surface area contributed by atoms with Crippen molar-refractivity contribution < 1.29 is 25.2 Å². The lowest BCUT2D eigenvalue weighted by atomic mass is 9.87. The van der Waals surface area contributed by atoms with E-state index < -0.39 is 18.3 Å². The molecule has 0 radical (unpaired) electrons. The van der Waals surface area contributed by atoms with Crippen LogP contribution in [0, 0.1) is 17.8 Å². The van der Waals surface area contributed by atoms with Gasteiger partial charge in [-0.05, 0) is 74.6 Å². The average Bonchev–Trinajstić information content (AvgIpc) is 2.70. The van der Waals surface area contributed by atoms with E-state index >= 15 is 0 Å². The molecule has 5 N–H and O–H groups in total. The fourth-order valence-electron chi connectivity index (χ4n) is 4.36. The number of carbonyl (C=O) groups excluding carboxylic acids is 1. The molecule has 6 unspecified atom stereocenters. The number of phenols is 1. The van der Waals surface area contributed by atoms with E-state index in [1.807, 2.05) is 45.9 Å². The van der Waals surface area contributed by atoms with Gasteiger partial charge in [0.05, 0.1) is 18.3 Å². The van der Waals surface area contributed by atoms with E-state index in [0.717, 1.165) is 11.1 Å². The van der Waals surface area contributed by atoms with Gasteiger partial charge >= 0.3 is 0 Å². The number of allylic oxidation sites excluding steroid dienone is 1. The number of rotatable bonds is 0. The molecular formula is C26H39NO5. The third-order valence-electron chi connectivity index (χ3n) is 6.36. The number of nitrogens with one attached hydrogen (secondary N) is 1. The lowest BCUT2D eigenvalue weighted by Gasteiger charge is -2.26. The van der Waals surface area contributed by atoms with Crippen molar-refractivity contribution in [3.05, 3.63) is 47.1 Å². The third-order valence-corrected chi connectivity index (χ3v) is 6.36. The molecule has 0 spiro atoms. The number of amides is 1. The van der Waals surface area contributed by atoms with Crippen LogP contribution in [0.5, 0.6) is 5.75 Å². The molecule has 0 saturated heterocycles. The first-order valence-electron chi connectivity index (χ1n) is 11.5. The Morgan fingerprint density at radius 2 is 1.72 bits per heavy atom. The van der Waals surface area contributed by atoms with Crippen molar-refractivity contribution in [3.63, 3.8) is 0 Å². The van der Waals surface area contributed by atoms with Crippen LogP contribution in [0.15, 0.2) is 41.5 Å². The maximum atomic E-state index is 12.6. The smallest absolute Gasteiger partial charge is 0.250 e. The molecule has 1 aliphatic rings. The minimum atomic E-state index is -0.943. The van der Waals surface area contributed by atoms with Gasteiger partial charge < -0.3 is 25.7 Å². The SMILES string of the molecule is CC1=CCCC(C)C(O)C(C)=CC(C)C(O)C(O)CC(C)Cc2cc(O)cc(c2)NC1=O. The van der Waals surface area contributed by atoms with E-state index in [9.17, 15) is 25.2 Å². The van der Waals surface area contributed by atoms with Crippen LogP contribution in [0.2, 0.25) is 0 Å². The highest BCUT2D eigenvalue weighted by Gasteiger charge is 2.25. The number of carbonyl (C=O) groups is 1. The third kappa shape index (κ3) is 7.47. The number of phenolic OH excluding ortho intramolecular Hbond substituents is 1. The van der Waals surface area contributed by atoms with E-state index in [1.165, 1.54) is 6.07 Å². The summed E-state index contributed by atoms with van der Waals surface area (Å²) in [7, 11) is 0. The normalized spacial score (nSPS) is 31.4. The molecule has 1 amide bonds. The number of fused-ring (bicyclic) bond motifs is 2. The second-order valence-corrected chi connectivity index (χ2v) is 9.60. The molecule has 0 aliphatic carbocycles. The Morgan fingerprint density at radius 3 is 2.41 bits per heavy atom. The molecule has 178 valence electrons. The Hall–Kier alpha value is -2.15. The van der Waals surface area contributed by atoms with Gasteiger partial charge in [-0.3, -0.25) is 4.79 Å². The number of aromatic hydroxyl groups is 1. The molecule has 1 heterocycles. The van der Waals surface area contributed by atoms with Crippen molar-refractivity contribution in [3.8, 4) is 5.75 Å². The van der Waals surface area contributed by atoms with Gasteiger partial charge in [0, 0.05) is 23.2 Å². The Bertz CT molecular complexity index is 847. The molecule has 2 rings (SSSR count). The van der Waals surface area contributed by atoms with E-state index in [2.05, 4.69) is 5.32 Å². The number of benzene rings is 1. The maximum absolute atomic E-state index is 12.6. The van der Waals surface area contributed by atoms with Crippen LogP contribution < -0.4 is 5.32 Å². The van der Waals surface area contributed by atoms with E-state index in [1.54, 1.807) is 13.0 Å². The molecule has 0 fully saturated rings. The summed E-state index contributed by atoms with van der Waals surface area (Å²) in [6.45, 7) is 9.37. The summed E-state index contributed by atoms with van der Waals surface area (Å²) in [4.78, 5) is 12.6. The first-order chi connectivity index (χ1) is 15.0. The fraction of sp³-hybridized carbons (Fsp3) is 0.577. The van der Waals surface area contributed by atoms with E-state index in [4.69, 9.17) is 0 Å². The summed E-state index contributed by atoms with van der Waals surface area (Å²) in [5, 5.41) is 44.8. The molecule has 0 saturated carbocycles. The van der Waals surface area contributed by atoms with Crippen LogP contribution in [0.3, 0.4) is 0 Å². The lowest BCUT2D eigenvalue weighted by Crippen LogP contribution is -2.33. The molecule has 6 atom stereocenters. The summed E-state index contributed by atoms with van der Waals surface area (Å²) in [6.07, 6.45) is 3.49. The molecule has 1 aliphatic heterocycles. The van der Waals surface area contributed by atoms with Gasteiger partial charge in [0.1, 0.15) is 5.75 Å². The molecule has 32 heavy (non-hydrogen) atoms. The molecule has 0 aromatic heterocycles. The van der Waals surface area contributed by atoms with Crippen LogP contribution in [0.1, 0.15) is 59.4 Å². The second-order valence-electron chi connectivity index (χ2n) is 9.60. The van der Waals surface area contributed by atoms with Gasteiger partial charge in [-0.25, -0.2) is 0 Å². The number of aliphatic hydroxyl groups is 3. The van der Waals surface area contributed by atoms with Crippen LogP contribution in [-0.2, 0) is 11.2 Å². The topological polar surface area (TPSA) is 110 Å². The second kappa shape index (κ2) is 11.6. The molecule has 6 nitrogen and oxygen atoms in total. The van der Waals surface area contributed by atoms with Crippen molar-refractivity contribution in [1.29, 1.82) is 0 Å². The first-order valence-corrected chi connectivity index (χ1v) is 11.5. The van der Waals surface area contributed by atoms with Crippen LogP contribution >= 0.6 is 0 Å². The van der Waals surface area contributed by atoms with Gasteiger partial charge in [-0.1, -0.05) is 32.9 Å². The maximum Gasteiger partial charge on any atom is 0.250 e. The van der Waals surface area contributed by atoms with Gasteiger partial charge in [0.15, 0.2) is 0 Å². The zero-order valence-corrected chi connectivity index (χ0v) is 19.9. The van der Waals surface area contributed by atoms with Gasteiger partial charge in [-0.15, -0.1) is 0 Å². The van der Waals surface area contributed by atoms with Gasteiger partial charge in [0.2, 0.25) is 0 Å². The summed E-state index contributed by atoms with van der Waals surface area (Å²) in [5.41, 5.74) is 2.71. The van der Waals surface area contributed by atoms with E-state index in [0.29, 0.717) is 36.9 Å². The van der Waals surface area contributed by atoms with Crippen molar-refractivity contribution in [2.24, 2.45) is 17.8 Å². The Labute approximate surface area is 191 Å². The zero-order chi connectivity index (χ0) is 24.0. The van der Waals surface area contributed by atoms with Crippen molar-refractivity contribution in [2.75, 3.05) is 5.32 Å². The van der Waals surface area contributed by atoms with Gasteiger partial charge in [-0.2, -0.15) is 0 Å². The van der Waals surface area contributed by atoms with Crippen LogP contribution in [0.25, 0.3) is 0 Å². The lowest BCUT2D eigenvalue weighted by molar-refractivity contribution is -0.112. The quantitative estimate of drug-likeness (QED) is 0.389. The fourth-order valence-corrected chi connectivity index (χ4v) is 4.36. The standard InChI is InChI=1S/C26H39NO5/c1-15-9-20-12-21(14-22(28)13-20)27-26(32)17(3)8-6-7-16(2)24(30)18(4)11-19(5)25(31)23(29)10-15/h8,11-16,19,23-25,28-31H,6-7,9-10H2,1-5H3,(H,27,32). The number of aliphatic hydroxyl groups excluding tert-OH is 3.